The molecule has 0 saturated heterocycles. The van der Waals surface area contributed by atoms with Gasteiger partial charge in [-0.05, 0) is 12.1 Å². The summed E-state index contributed by atoms with van der Waals surface area (Å²) in [4.78, 5) is 4.07. The number of hydrogen-bond acceptors (Lipinski definition) is 3. The van der Waals surface area contributed by atoms with Crippen molar-refractivity contribution in [1.82, 2.24) is 15.2 Å². The molecule has 2 aromatic heterocycles. The fraction of sp³-hybridized carbons (Fsp3) is 0.143. The summed E-state index contributed by atoms with van der Waals surface area (Å²) in [6.07, 6.45) is 1.72. The van der Waals surface area contributed by atoms with Gasteiger partial charge in [0.1, 0.15) is 5.82 Å². The highest BCUT2D eigenvalue weighted by atomic mass is 15.2. The van der Waals surface area contributed by atoms with Crippen molar-refractivity contribution >= 4 is 16.9 Å². The molecule has 0 radical (unpaired) electrons. The molecular weight excluding hydrogens is 140 g/mol. The molecule has 0 aliphatic rings. The van der Waals surface area contributed by atoms with Crippen LogP contribution < -0.4 is 5.32 Å². The van der Waals surface area contributed by atoms with Gasteiger partial charge in [0, 0.05) is 13.2 Å². The molecule has 0 saturated carbocycles. The normalized spacial score (nSPS) is 10.3. The lowest BCUT2D eigenvalue weighted by atomic mass is 10.3. The van der Waals surface area contributed by atoms with Gasteiger partial charge in [-0.25, -0.2) is 4.98 Å². The largest absolute Gasteiger partial charge is 0.373 e. The number of aromatic amines is 1. The van der Waals surface area contributed by atoms with E-state index in [1.165, 1.54) is 0 Å². The van der Waals surface area contributed by atoms with E-state index in [2.05, 4.69) is 20.5 Å². The van der Waals surface area contributed by atoms with Crippen molar-refractivity contribution in [2.24, 2.45) is 0 Å². The van der Waals surface area contributed by atoms with Crippen LogP contribution in [0.2, 0.25) is 0 Å². The van der Waals surface area contributed by atoms with Gasteiger partial charge in [0.05, 0.1) is 5.39 Å². The van der Waals surface area contributed by atoms with Crippen LogP contribution in [0, 0.1) is 0 Å². The number of anilines is 1. The van der Waals surface area contributed by atoms with E-state index in [0.717, 1.165) is 16.9 Å². The van der Waals surface area contributed by atoms with Crippen LogP contribution in [0.4, 0.5) is 5.82 Å². The molecule has 4 nitrogen and oxygen atoms in total. The van der Waals surface area contributed by atoms with Gasteiger partial charge in [0.25, 0.3) is 0 Å². The molecule has 2 aromatic rings. The van der Waals surface area contributed by atoms with E-state index >= 15 is 0 Å². The molecule has 0 fully saturated rings. The van der Waals surface area contributed by atoms with E-state index in [4.69, 9.17) is 0 Å². The first-order chi connectivity index (χ1) is 5.42. The Morgan fingerprint density at radius 3 is 3.27 bits per heavy atom. The third kappa shape index (κ3) is 0.832. The number of fused-ring (bicyclic) bond motifs is 1. The van der Waals surface area contributed by atoms with E-state index in [-0.39, 0.29) is 0 Å². The van der Waals surface area contributed by atoms with Gasteiger partial charge in [-0.2, -0.15) is 5.10 Å². The average Bonchev–Trinajstić information content (AvgIpc) is 2.47. The molecule has 2 heterocycles. The van der Waals surface area contributed by atoms with Crippen LogP contribution >= 0.6 is 0 Å². The highest BCUT2D eigenvalue weighted by Crippen LogP contribution is 2.16. The summed E-state index contributed by atoms with van der Waals surface area (Å²) in [6.45, 7) is 0. The summed E-state index contributed by atoms with van der Waals surface area (Å²) < 4.78 is 0. The Kier molecular flexibility index (Phi) is 1.25. The highest BCUT2D eigenvalue weighted by molar-refractivity contribution is 5.86. The topological polar surface area (TPSA) is 53.6 Å². The Balaban J connectivity index is 2.76. The first kappa shape index (κ1) is 6.15. The summed E-state index contributed by atoms with van der Waals surface area (Å²) in [6, 6.07) is 3.86. The van der Waals surface area contributed by atoms with Crippen LogP contribution in [-0.4, -0.2) is 22.2 Å². The number of H-pyrrole nitrogens is 1. The smallest absolute Gasteiger partial charge is 0.183 e. The third-order valence-electron chi connectivity index (χ3n) is 1.58. The number of pyridine rings is 1. The van der Waals surface area contributed by atoms with Crippen molar-refractivity contribution in [3.63, 3.8) is 0 Å². The molecular formula is C7H8N4. The second-order valence-corrected chi connectivity index (χ2v) is 2.22. The van der Waals surface area contributed by atoms with Crippen LogP contribution in [0.5, 0.6) is 0 Å². The Bertz CT molecular complexity index is 365. The van der Waals surface area contributed by atoms with Crippen LogP contribution in [0.15, 0.2) is 18.3 Å². The maximum atomic E-state index is 4.07. The third-order valence-corrected chi connectivity index (χ3v) is 1.58. The van der Waals surface area contributed by atoms with E-state index in [0.29, 0.717) is 0 Å². The van der Waals surface area contributed by atoms with Gasteiger partial charge in [-0.1, -0.05) is 0 Å². The molecule has 2 rings (SSSR count). The Morgan fingerprint density at radius 1 is 1.55 bits per heavy atom. The molecule has 4 heteroatoms. The van der Waals surface area contributed by atoms with Crippen molar-refractivity contribution in [3.8, 4) is 0 Å². The predicted molar refractivity (Wildman–Crippen MR) is 43.4 cm³/mol. The molecule has 0 bridgehead atoms. The Hall–Kier alpha value is -1.58. The van der Waals surface area contributed by atoms with E-state index < -0.39 is 0 Å². The van der Waals surface area contributed by atoms with Crippen LogP contribution in [0.3, 0.4) is 0 Å². The Morgan fingerprint density at radius 2 is 2.45 bits per heavy atom. The lowest BCUT2D eigenvalue weighted by Gasteiger charge is -1.91. The van der Waals surface area contributed by atoms with E-state index in [1.54, 1.807) is 6.20 Å². The van der Waals surface area contributed by atoms with Gasteiger partial charge in [0.15, 0.2) is 5.65 Å². The van der Waals surface area contributed by atoms with Gasteiger partial charge in [0.2, 0.25) is 0 Å². The van der Waals surface area contributed by atoms with E-state index in [1.807, 2.05) is 19.2 Å². The van der Waals surface area contributed by atoms with E-state index in [9.17, 15) is 0 Å². The van der Waals surface area contributed by atoms with Crippen LogP contribution in [0.25, 0.3) is 11.0 Å². The minimum absolute atomic E-state index is 0.747. The molecule has 0 aliphatic carbocycles. The minimum Gasteiger partial charge on any atom is -0.373 e. The zero-order chi connectivity index (χ0) is 7.68. The highest BCUT2D eigenvalue weighted by Gasteiger charge is 2.01. The predicted octanol–water partition coefficient (Wildman–Crippen LogP) is 1.000. The van der Waals surface area contributed by atoms with Gasteiger partial charge in [-0.15, -0.1) is 0 Å². The molecule has 2 N–H and O–H groups in total. The maximum absolute atomic E-state index is 4.07. The minimum atomic E-state index is 0.747. The van der Waals surface area contributed by atoms with Crippen LogP contribution in [-0.2, 0) is 0 Å². The molecule has 0 aliphatic heterocycles. The average molecular weight is 148 g/mol. The summed E-state index contributed by atoms with van der Waals surface area (Å²) in [7, 11) is 1.85. The zero-order valence-electron chi connectivity index (χ0n) is 6.13. The lowest BCUT2D eigenvalue weighted by molar-refractivity contribution is 1.09. The second kappa shape index (κ2) is 2.23. The monoisotopic (exact) mass is 148 g/mol. The standard InChI is InChI=1S/C7H8N4/c1-8-6-5-3-2-4-9-7(5)11-10-6/h2-4H,1H3,(H2,8,9,10,11). The summed E-state index contributed by atoms with van der Waals surface area (Å²) >= 11 is 0. The van der Waals surface area contributed by atoms with Crippen molar-refractivity contribution < 1.29 is 0 Å². The number of aromatic nitrogens is 3. The van der Waals surface area contributed by atoms with Gasteiger partial charge >= 0.3 is 0 Å². The fourth-order valence-corrected chi connectivity index (χ4v) is 1.04. The molecule has 56 valence electrons. The molecule has 0 atom stereocenters. The number of nitrogens with zero attached hydrogens (tertiary/aromatic N) is 2. The second-order valence-electron chi connectivity index (χ2n) is 2.22. The summed E-state index contributed by atoms with van der Waals surface area (Å²) in [5.41, 5.74) is 0.747. The Labute approximate surface area is 63.6 Å². The van der Waals surface area contributed by atoms with Gasteiger partial charge in [-0.3, -0.25) is 5.10 Å². The van der Waals surface area contributed by atoms with Crippen molar-refractivity contribution in [2.45, 2.75) is 0 Å². The summed E-state index contributed by atoms with van der Waals surface area (Å²) in [5.74, 6) is 0.910. The molecule has 0 aromatic carbocycles. The number of rotatable bonds is 1. The molecule has 0 spiro atoms. The zero-order valence-corrected chi connectivity index (χ0v) is 6.13. The van der Waals surface area contributed by atoms with Crippen molar-refractivity contribution in [1.29, 1.82) is 0 Å². The molecule has 11 heavy (non-hydrogen) atoms. The van der Waals surface area contributed by atoms with Crippen LogP contribution in [0.1, 0.15) is 0 Å². The SMILES string of the molecule is CNc1[nH]nc2ncccc12. The number of nitrogens with one attached hydrogen (secondary N) is 2. The van der Waals surface area contributed by atoms with Gasteiger partial charge < -0.3 is 5.32 Å². The first-order valence-corrected chi connectivity index (χ1v) is 3.38. The van der Waals surface area contributed by atoms with Crippen molar-refractivity contribution in [3.05, 3.63) is 18.3 Å². The first-order valence-electron chi connectivity index (χ1n) is 3.38. The maximum Gasteiger partial charge on any atom is 0.183 e. The number of hydrogen-bond donors (Lipinski definition) is 2. The fourth-order valence-electron chi connectivity index (χ4n) is 1.04. The lowest BCUT2D eigenvalue weighted by Crippen LogP contribution is -1.87. The molecule has 0 amide bonds. The summed E-state index contributed by atoms with van der Waals surface area (Å²) in [5, 5.41) is 10.8. The van der Waals surface area contributed by atoms with Crippen molar-refractivity contribution in [2.75, 3.05) is 12.4 Å². The molecule has 0 unspecified atom stereocenters. The quantitative estimate of drug-likeness (QED) is 0.634.